The van der Waals surface area contributed by atoms with E-state index in [1.165, 1.54) is 12.3 Å². The van der Waals surface area contributed by atoms with Gasteiger partial charge in [-0.15, -0.1) is 0 Å². The Labute approximate surface area is 121 Å². The second kappa shape index (κ2) is 5.88. The van der Waals surface area contributed by atoms with Crippen LogP contribution in [0.25, 0.3) is 0 Å². The Balaban J connectivity index is 2.12. The van der Waals surface area contributed by atoms with Crippen molar-refractivity contribution in [3.05, 3.63) is 62.8 Å². The molecule has 0 aliphatic heterocycles. The minimum atomic E-state index is -0.418. The number of hydrogen-bond donors (Lipinski definition) is 2. The van der Waals surface area contributed by atoms with Gasteiger partial charge in [0.25, 0.3) is 11.5 Å². The molecular formula is C14H14ClN3O2. The molecule has 2 heterocycles. The Kier molecular flexibility index (Phi) is 4.20. The van der Waals surface area contributed by atoms with Crippen molar-refractivity contribution in [3.8, 4) is 0 Å². The Bertz CT molecular complexity index is 680. The fourth-order valence-corrected chi connectivity index (χ4v) is 1.86. The number of amides is 1. The van der Waals surface area contributed by atoms with Gasteiger partial charge >= 0.3 is 0 Å². The smallest absolute Gasteiger partial charge is 0.266 e. The van der Waals surface area contributed by atoms with Crippen LogP contribution in [-0.2, 0) is 0 Å². The third-order valence-corrected chi connectivity index (χ3v) is 3.18. The van der Waals surface area contributed by atoms with Gasteiger partial charge in [-0.25, -0.2) is 0 Å². The zero-order valence-electron chi connectivity index (χ0n) is 11.1. The second-order valence-corrected chi connectivity index (χ2v) is 4.90. The molecule has 0 aliphatic carbocycles. The lowest BCUT2D eigenvalue weighted by molar-refractivity contribution is 0.0939. The third kappa shape index (κ3) is 3.24. The Morgan fingerprint density at radius 2 is 2.20 bits per heavy atom. The molecule has 2 aromatic rings. The molecule has 1 atom stereocenters. The van der Waals surface area contributed by atoms with Crippen LogP contribution in [0.15, 0.2) is 35.4 Å². The minimum absolute atomic E-state index is 0.0118. The number of carbonyl (C=O) groups is 1. The third-order valence-electron chi connectivity index (χ3n) is 2.90. The largest absolute Gasteiger partial charge is 0.345 e. The molecule has 1 amide bonds. The van der Waals surface area contributed by atoms with Gasteiger partial charge in [-0.05, 0) is 31.5 Å². The van der Waals surface area contributed by atoms with Gasteiger partial charge < -0.3 is 10.3 Å². The number of nitrogens with zero attached hydrogens (tertiary/aromatic N) is 1. The number of hydrogen-bond acceptors (Lipinski definition) is 3. The maximum absolute atomic E-state index is 12.0. The van der Waals surface area contributed by atoms with Crippen molar-refractivity contribution in [1.82, 2.24) is 15.3 Å². The SMILES string of the molecule is Cc1ccc(C(C)NC(=O)c2c[nH]c(=O)c(Cl)c2)cn1. The minimum Gasteiger partial charge on any atom is -0.345 e. The van der Waals surface area contributed by atoms with Gasteiger partial charge in [0, 0.05) is 18.1 Å². The number of carbonyl (C=O) groups excluding carboxylic acids is 1. The van der Waals surface area contributed by atoms with Gasteiger partial charge in [0.05, 0.1) is 11.6 Å². The van der Waals surface area contributed by atoms with Crippen LogP contribution in [0.5, 0.6) is 0 Å². The molecule has 2 N–H and O–H groups in total. The van der Waals surface area contributed by atoms with E-state index in [1.54, 1.807) is 6.20 Å². The summed E-state index contributed by atoms with van der Waals surface area (Å²) >= 11 is 5.70. The first kappa shape index (κ1) is 14.3. The zero-order valence-corrected chi connectivity index (χ0v) is 11.9. The summed E-state index contributed by atoms with van der Waals surface area (Å²) in [4.78, 5) is 29.8. The maximum atomic E-state index is 12.0. The number of H-pyrrole nitrogens is 1. The van der Waals surface area contributed by atoms with Crippen LogP contribution in [0.4, 0.5) is 0 Å². The van der Waals surface area contributed by atoms with Crippen LogP contribution >= 0.6 is 11.6 Å². The Morgan fingerprint density at radius 3 is 2.80 bits per heavy atom. The number of halogens is 1. The van der Waals surface area contributed by atoms with Crippen molar-refractivity contribution in [1.29, 1.82) is 0 Å². The van der Waals surface area contributed by atoms with E-state index in [0.717, 1.165) is 11.3 Å². The highest BCUT2D eigenvalue weighted by Crippen LogP contribution is 2.12. The summed E-state index contributed by atoms with van der Waals surface area (Å²) in [5.41, 5.74) is 1.71. The molecule has 0 saturated carbocycles. The number of pyridine rings is 2. The van der Waals surface area contributed by atoms with Crippen molar-refractivity contribution < 1.29 is 4.79 Å². The number of nitrogens with one attached hydrogen (secondary N) is 2. The van der Waals surface area contributed by atoms with Gasteiger partial charge in [0.2, 0.25) is 0 Å². The lowest BCUT2D eigenvalue weighted by Crippen LogP contribution is -2.27. The van der Waals surface area contributed by atoms with Crippen LogP contribution in [0.2, 0.25) is 5.02 Å². The number of aromatic amines is 1. The highest BCUT2D eigenvalue weighted by molar-refractivity contribution is 6.30. The van der Waals surface area contributed by atoms with Gasteiger partial charge in [-0.1, -0.05) is 17.7 Å². The molecule has 2 aromatic heterocycles. The molecule has 0 spiro atoms. The van der Waals surface area contributed by atoms with Gasteiger partial charge in [0.1, 0.15) is 5.02 Å². The van der Waals surface area contributed by atoms with Crippen LogP contribution in [-0.4, -0.2) is 15.9 Å². The molecule has 6 heteroatoms. The number of aromatic nitrogens is 2. The lowest BCUT2D eigenvalue weighted by Gasteiger charge is -2.14. The van der Waals surface area contributed by atoms with Crippen molar-refractivity contribution in [2.75, 3.05) is 0 Å². The normalized spacial score (nSPS) is 11.9. The molecule has 2 rings (SSSR count). The molecule has 1 unspecified atom stereocenters. The molecule has 0 radical (unpaired) electrons. The summed E-state index contributed by atoms with van der Waals surface area (Å²) in [5, 5.41) is 2.81. The van der Waals surface area contributed by atoms with Crippen LogP contribution < -0.4 is 10.9 Å². The molecule has 5 nitrogen and oxygen atoms in total. The molecular weight excluding hydrogens is 278 g/mol. The maximum Gasteiger partial charge on any atom is 0.266 e. The van der Waals surface area contributed by atoms with E-state index < -0.39 is 5.56 Å². The Hall–Kier alpha value is -2.14. The summed E-state index contributed by atoms with van der Waals surface area (Å²) in [6.07, 6.45) is 3.06. The number of rotatable bonds is 3. The average molecular weight is 292 g/mol. The summed E-state index contributed by atoms with van der Waals surface area (Å²) in [7, 11) is 0. The topological polar surface area (TPSA) is 74.8 Å². The summed E-state index contributed by atoms with van der Waals surface area (Å²) < 4.78 is 0. The van der Waals surface area contributed by atoms with E-state index >= 15 is 0 Å². The predicted molar refractivity (Wildman–Crippen MR) is 76.9 cm³/mol. The van der Waals surface area contributed by atoms with Crippen LogP contribution in [0.1, 0.15) is 34.6 Å². The summed E-state index contributed by atoms with van der Waals surface area (Å²) in [5.74, 6) is -0.309. The molecule has 0 bridgehead atoms. The van der Waals surface area contributed by atoms with Crippen molar-refractivity contribution >= 4 is 17.5 Å². The highest BCUT2D eigenvalue weighted by atomic mass is 35.5. The first-order valence-electron chi connectivity index (χ1n) is 6.09. The van der Waals surface area contributed by atoms with E-state index in [9.17, 15) is 9.59 Å². The molecule has 0 fully saturated rings. The monoisotopic (exact) mass is 291 g/mol. The average Bonchev–Trinajstić information content (AvgIpc) is 2.42. The van der Waals surface area contributed by atoms with E-state index in [0.29, 0.717) is 5.56 Å². The fourth-order valence-electron chi connectivity index (χ4n) is 1.69. The zero-order chi connectivity index (χ0) is 14.7. The predicted octanol–water partition coefficient (Wildman–Crippen LogP) is 2.22. The number of aryl methyl sites for hydroxylation is 1. The molecule has 0 aliphatic rings. The van der Waals surface area contributed by atoms with Crippen molar-refractivity contribution in [2.24, 2.45) is 0 Å². The summed E-state index contributed by atoms with van der Waals surface area (Å²) in [6, 6.07) is 4.94. The van der Waals surface area contributed by atoms with E-state index in [1.807, 2.05) is 26.0 Å². The van der Waals surface area contributed by atoms with Gasteiger partial charge in [-0.3, -0.25) is 14.6 Å². The molecule has 0 aromatic carbocycles. The first-order valence-corrected chi connectivity index (χ1v) is 6.47. The van der Waals surface area contributed by atoms with Crippen LogP contribution in [0.3, 0.4) is 0 Å². The second-order valence-electron chi connectivity index (χ2n) is 4.49. The van der Waals surface area contributed by atoms with Crippen molar-refractivity contribution in [3.63, 3.8) is 0 Å². The molecule has 104 valence electrons. The quantitative estimate of drug-likeness (QED) is 0.910. The van der Waals surface area contributed by atoms with Gasteiger partial charge in [-0.2, -0.15) is 0 Å². The van der Waals surface area contributed by atoms with Crippen LogP contribution in [0, 0.1) is 6.92 Å². The fraction of sp³-hybridized carbons (Fsp3) is 0.214. The van der Waals surface area contributed by atoms with E-state index in [2.05, 4.69) is 15.3 Å². The lowest BCUT2D eigenvalue weighted by atomic mass is 10.1. The summed E-state index contributed by atoms with van der Waals surface area (Å²) in [6.45, 7) is 3.76. The van der Waals surface area contributed by atoms with E-state index in [4.69, 9.17) is 11.6 Å². The first-order chi connectivity index (χ1) is 9.47. The molecule has 0 saturated heterocycles. The Morgan fingerprint density at radius 1 is 1.45 bits per heavy atom. The standard InChI is InChI=1S/C14H14ClN3O2/c1-8-3-4-10(6-16-8)9(2)18-13(19)11-5-12(15)14(20)17-7-11/h3-7,9H,1-2H3,(H,17,20)(H,18,19). The van der Waals surface area contributed by atoms with Crippen molar-refractivity contribution in [2.45, 2.75) is 19.9 Å². The van der Waals surface area contributed by atoms with E-state index in [-0.39, 0.29) is 17.0 Å². The highest BCUT2D eigenvalue weighted by Gasteiger charge is 2.12. The van der Waals surface area contributed by atoms with Gasteiger partial charge in [0.15, 0.2) is 0 Å². The molecule has 20 heavy (non-hydrogen) atoms.